The third kappa shape index (κ3) is 5.21. The predicted octanol–water partition coefficient (Wildman–Crippen LogP) is 6.77. The van der Waals surface area contributed by atoms with E-state index in [0.29, 0.717) is 41.4 Å². The molecule has 10 heteroatoms. The molecule has 1 aliphatic rings. The van der Waals surface area contributed by atoms with Crippen molar-refractivity contribution in [1.29, 1.82) is 0 Å². The van der Waals surface area contributed by atoms with Gasteiger partial charge in [0.25, 0.3) is 0 Å². The standard InChI is InChI=1S/C27H22Cl2FN3O4/c28-21-6-7-22(30)23(29)18(21)10-13-35-25-24-19(14-32-26(25)31)20(15-36-24)16-8-11-33(12-9-16)27(34)37-17-4-2-1-3-5-17/h1-8,14-15H,9-13H2,(H2,31,32). The van der Waals surface area contributed by atoms with Crippen LogP contribution in [0.5, 0.6) is 11.5 Å². The number of nitrogens with two attached hydrogens (primary N) is 1. The Balaban J connectivity index is 1.30. The van der Waals surface area contributed by atoms with Crippen LogP contribution in [0.3, 0.4) is 0 Å². The molecule has 2 N–H and O–H groups in total. The second-order valence-electron chi connectivity index (χ2n) is 8.39. The first-order valence-electron chi connectivity index (χ1n) is 11.5. The minimum Gasteiger partial charge on any atom is -0.486 e. The number of para-hydroxylation sites is 1. The lowest BCUT2D eigenvalue weighted by Crippen LogP contribution is -2.36. The Labute approximate surface area is 222 Å². The van der Waals surface area contributed by atoms with Crippen molar-refractivity contribution in [2.75, 3.05) is 25.4 Å². The monoisotopic (exact) mass is 541 g/mol. The number of carbonyl (C=O) groups is 1. The SMILES string of the molecule is Nc1ncc2c(C3=CCN(C(=O)Oc4ccccc4)CC3)coc2c1OCCc1c(Cl)ccc(F)c1Cl. The van der Waals surface area contributed by atoms with E-state index in [1.54, 1.807) is 29.5 Å². The molecule has 2 aromatic carbocycles. The zero-order valence-corrected chi connectivity index (χ0v) is 21.1. The van der Waals surface area contributed by atoms with Crippen molar-refractivity contribution >= 4 is 51.7 Å². The lowest BCUT2D eigenvalue weighted by atomic mass is 10.00. The fourth-order valence-electron chi connectivity index (χ4n) is 4.16. The molecular formula is C27H22Cl2FN3O4. The second-order valence-corrected chi connectivity index (χ2v) is 9.18. The lowest BCUT2D eigenvalue weighted by Gasteiger charge is -2.25. The number of rotatable bonds is 6. The minimum atomic E-state index is -0.548. The zero-order chi connectivity index (χ0) is 25.9. The molecule has 0 saturated heterocycles. The van der Waals surface area contributed by atoms with Gasteiger partial charge >= 0.3 is 6.09 Å². The number of fused-ring (bicyclic) bond motifs is 1. The second kappa shape index (κ2) is 10.7. The number of benzene rings is 2. The molecule has 0 atom stereocenters. The van der Waals surface area contributed by atoms with E-state index in [0.717, 1.165) is 16.5 Å². The first-order chi connectivity index (χ1) is 17.9. The fraction of sp³-hybridized carbons (Fsp3) is 0.185. The Morgan fingerprint density at radius 3 is 2.76 bits per heavy atom. The summed E-state index contributed by atoms with van der Waals surface area (Å²) in [6.07, 6.45) is 5.69. The highest BCUT2D eigenvalue weighted by Gasteiger charge is 2.23. The van der Waals surface area contributed by atoms with Crippen molar-refractivity contribution in [2.45, 2.75) is 12.8 Å². The maximum atomic E-state index is 13.8. The summed E-state index contributed by atoms with van der Waals surface area (Å²) < 4.78 is 31.0. The van der Waals surface area contributed by atoms with Gasteiger partial charge in [-0.25, -0.2) is 14.2 Å². The zero-order valence-electron chi connectivity index (χ0n) is 19.5. The van der Waals surface area contributed by atoms with Gasteiger partial charge in [-0.1, -0.05) is 47.5 Å². The summed E-state index contributed by atoms with van der Waals surface area (Å²) in [6.45, 7) is 1.02. The third-order valence-electron chi connectivity index (χ3n) is 6.10. The quantitative estimate of drug-likeness (QED) is 0.271. The molecule has 4 aromatic rings. The van der Waals surface area contributed by atoms with Crippen LogP contribution in [-0.4, -0.2) is 35.7 Å². The van der Waals surface area contributed by atoms with E-state index >= 15 is 0 Å². The number of furan rings is 1. The van der Waals surface area contributed by atoms with Gasteiger partial charge in [0.2, 0.25) is 5.75 Å². The highest BCUT2D eigenvalue weighted by Crippen LogP contribution is 2.38. The highest BCUT2D eigenvalue weighted by atomic mass is 35.5. The van der Waals surface area contributed by atoms with Gasteiger partial charge in [0, 0.05) is 36.3 Å². The molecule has 0 spiro atoms. The summed E-state index contributed by atoms with van der Waals surface area (Å²) >= 11 is 12.2. The van der Waals surface area contributed by atoms with Crippen LogP contribution in [-0.2, 0) is 6.42 Å². The molecule has 5 rings (SSSR count). The molecule has 2 aromatic heterocycles. The van der Waals surface area contributed by atoms with Crippen molar-refractivity contribution in [3.05, 3.63) is 88.0 Å². The van der Waals surface area contributed by atoms with E-state index in [1.165, 1.54) is 12.1 Å². The minimum absolute atomic E-state index is 0.0355. The van der Waals surface area contributed by atoms with Crippen molar-refractivity contribution in [3.8, 4) is 11.5 Å². The summed E-state index contributed by atoms with van der Waals surface area (Å²) in [6, 6.07) is 11.6. The van der Waals surface area contributed by atoms with Gasteiger partial charge in [-0.3, -0.25) is 0 Å². The van der Waals surface area contributed by atoms with Crippen molar-refractivity contribution in [2.24, 2.45) is 0 Å². The average molecular weight is 542 g/mol. The molecule has 0 aliphatic carbocycles. The number of carbonyl (C=O) groups excluding carboxylic acids is 1. The number of halogens is 3. The van der Waals surface area contributed by atoms with Crippen LogP contribution in [0.15, 0.2) is 65.4 Å². The summed E-state index contributed by atoms with van der Waals surface area (Å²) in [5, 5.41) is 1.05. The smallest absolute Gasteiger partial charge is 0.415 e. The lowest BCUT2D eigenvalue weighted by molar-refractivity contribution is 0.157. The van der Waals surface area contributed by atoms with Crippen molar-refractivity contribution in [3.63, 3.8) is 0 Å². The number of hydrogen-bond donors (Lipinski definition) is 1. The number of hydrogen-bond acceptors (Lipinski definition) is 6. The van der Waals surface area contributed by atoms with E-state index in [1.807, 2.05) is 24.3 Å². The fourth-order valence-corrected chi connectivity index (χ4v) is 4.71. The maximum Gasteiger partial charge on any atom is 0.415 e. The van der Waals surface area contributed by atoms with Crippen molar-refractivity contribution in [1.82, 2.24) is 9.88 Å². The Morgan fingerprint density at radius 2 is 2.00 bits per heavy atom. The number of pyridine rings is 1. The number of aromatic nitrogens is 1. The molecule has 0 unspecified atom stereocenters. The normalized spacial score (nSPS) is 13.5. The van der Waals surface area contributed by atoms with Gasteiger partial charge < -0.3 is 24.5 Å². The van der Waals surface area contributed by atoms with Gasteiger partial charge in [-0.05, 0) is 41.8 Å². The van der Waals surface area contributed by atoms with E-state index in [9.17, 15) is 9.18 Å². The predicted molar refractivity (Wildman–Crippen MR) is 141 cm³/mol. The number of amides is 1. The molecule has 3 heterocycles. The Kier molecular flexibility index (Phi) is 7.21. The first-order valence-corrected chi connectivity index (χ1v) is 12.3. The number of nitrogens with zero attached hydrogens (tertiary/aromatic N) is 2. The topological polar surface area (TPSA) is 90.8 Å². The molecule has 7 nitrogen and oxygen atoms in total. The molecule has 0 radical (unpaired) electrons. The summed E-state index contributed by atoms with van der Waals surface area (Å²) in [7, 11) is 0. The van der Waals surface area contributed by atoms with Gasteiger partial charge in [0.05, 0.1) is 23.3 Å². The molecule has 190 valence electrons. The molecular weight excluding hydrogens is 520 g/mol. The van der Waals surface area contributed by atoms with Crippen LogP contribution in [0.2, 0.25) is 10.0 Å². The van der Waals surface area contributed by atoms with Crippen LogP contribution in [0.25, 0.3) is 16.5 Å². The molecule has 1 amide bonds. The molecule has 37 heavy (non-hydrogen) atoms. The molecule has 0 saturated carbocycles. The number of nitrogen functional groups attached to an aromatic ring is 1. The van der Waals surface area contributed by atoms with Gasteiger partial charge in [0.15, 0.2) is 11.4 Å². The van der Waals surface area contributed by atoms with E-state index in [-0.39, 0.29) is 29.6 Å². The largest absolute Gasteiger partial charge is 0.486 e. The molecule has 0 fully saturated rings. The Morgan fingerprint density at radius 1 is 1.19 bits per heavy atom. The van der Waals surface area contributed by atoms with Gasteiger partial charge in [-0.2, -0.15) is 0 Å². The molecule has 0 bridgehead atoms. The van der Waals surface area contributed by atoms with Crippen LogP contribution < -0.4 is 15.2 Å². The first kappa shape index (κ1) is 24.9. The van der Waals surface area contributed by atoms with Crippen LogP contribution in [0.4, 0.5) is 15.0 Å². The van der Waals surface area contributed by atoms with E-state index < -0.39 is 11.9 Å². The Hall–Kier alpha value is -3.75. The third-order valence-corrected chi connectivity index (χ3v) is 6.86. The van der Waals surface area contributed by atoms with Crippen molar-refractivity contribution < 1.29 is 23.1 Å². The summed E-state index contributed by atoms with van der Waals surface area (Å²) in [5.74, 6) is 0.406. The van der Waals surface area contributed by atoms with Crippen LogP contribution in [0, 0.1) is 5.82 Å². The number of anilines is 1. The molecule has 1 aliphatic heterocycles. The van der Waals surface area contributed by atoms with Gasteiger partial charge in [0.1, 0.15) is 11.6 Å². The summed E-state index contributed by atoms with van der Waals surface area (Å²) in [4.78, 5) is 18.4. The van der Waals surface area contributed by atoms with Crippen LogP contribution in [0.1, 0.15) is 17.5 Å². The maximum absolute atomic E-state index is 13.8. The number of ether oxygens (including phenoxy) is 2. The van der Waals surface area contributed by atoms with E-state index in [4.69, 9.17) is 42.8 Å². The van der Waals surface area contributed by atoms with Gasteiger partial charge in [-0.15, -0.1) is 0 Å². The average Bonchev–Trinajstić information content (AvgIpc) is 3.34. The highest BCUT2D eigenvalue weighted by molar-refractivity contribution is 6.36. The van der Waals surface area contributed by atoms with Crippen LogP contribution >= 0.6 is 23.2 Å². The summed E-state index contributed by atoms with van der Waals surface area (Å²) in [5.41, 5.74) is 8.83. The Bertz CT molecular complexity index is 1490. The van der Waals surface area contributed by atoms with E-state index in [2.05, 4.69) is 4.98 Å².